The number of aromatic nitrogens is 2. The monoisotopic (exact) mass is 342 g/mol. The maximum absolute atomic E-state index is 12.2. The number of imidazole rings is 1. The van der Waals surface area contributed by atoms with Crippen LogP contribution in [-0.2, 0) is 0 Å². The van der Waals surface area contributed by atoms with E-state index in [1.165, 1.54) is 6.08 Å². The fraction of sp³-hybridized carbons (Fsp3) is 0. The smallest absolute Gasteiger partial charge is 0.306 e. The Morgan fingerprint density at radius 3 is 2.67 bits per heavy atom. The Labute approximate surface area is 128 Å². The number of halogens is 1. The maximum Gasteiger partial charge on any atom is 0.323 e. The Bertz CT molecular complexity index is 906. The Kier molecular flexibility index (Phi) is 3.58. The molecule has 3 aromatic rings. The van der Waals surface area contributed by atoms with Crippen molar-refractivity contribution < 1.29 is 4.79 Å². The van der Waals surface area contributed by atoms with E-state index >= 15 is 0 Å². The molecule has 0 aliphatic rings. The summed E-state index contributed by atoms with van der Waals surface area (Å²) in [6, 6.07) is 12.8. The van der Waals surface area contributed by atoms with Gasteiger partial charge in [-0.05, 0) is 42.0 Å². The van der Waals surface area contributed by atoms with Crippen LogP contribution in [0.5, 0.6) is 0 Å². The first kappa shape index (κ1) is 13.6. The van der Waals surface area contributed by atoms with Crippen LogP contribution >= 0.6 is 15.9 Å². The van der Waals surface area contributed by atoms with Crippen LogP contribution in [0.15, 0.2) is 57.8 Å². The average Bonchev–Trinajstić information content (AvgIpc) is 2.84. The number of hydrogen-bond acceptors (Lipinski definition) is 2. The molecule has 0 fully saturated rings. The number of fused-ring (bicyclic) bond motifs is 1. The third-order valence-electron chi connectivity index (χ3n) is 3.08. The average molecular weight is 343 g/mol. The minimum atomic E-state index is -0.278. The third-order valence-corrected chi connectivity index (χ3v) is 3.57. The predicted octanol–water partition coefficient (Wildman–Crippen LogP) is 3.51. The summed E-state index contributed by atoms with van der Waals surface area (Å²) in [6.45, 7) is 0. The van der Waals surface area contributed by atoms with Crippen LogP contribution in [0.4, 0.5) is 0 Å². The van der Waals surface area contributed by atoms with Crippen LogP contribution < -0.4 is 5.69 Å². The molecule has 2 aromatic carbocycles. The van der Waals surface area contributed by atoms with Gasteiger partial charge in [-0.2, -0.15) is 0 Å². The van der Waals surface area contributed by atoms with Crippen molar-refractivity contribution in [2.24, 2.45) is 0 Å². The minimum absolute atomic E-state index is 0.112. The molecule has 0 radical (unpaired) electrons. The third kappa shape index (κ3) is 3.03. The van der Waals surface area contributed by atoms with Gasteiger partial charge in [0.05, 0.1) is 11.0 Å². The summed E-state index contributed by atoms with van der Waals surface area (Å²) in [7, 11) is 0. The number of aromatic amines is 2. The second kappa shape index (κ2) is 5.54. The minimum Gasteiger partial charge on any atom is -0.306 e. The molecule has 0 bridgehead atoms. The first-order valence-electron chi connectivity index (χ1n) is 6.32. The van der Waals surface area contributed by atoms with Gasteiger partial charge in [0.15, 0.2) is 5.78 Å². The predicted molar refractivity (Wildman–Crippen MR) is 86.4 cm³/mol. The van der Waals surface area contributed by atoms with Gasteiger partial charge in [0.25, 0.3) is 0 Å². The maximum atomic E-state index is 12.2. The molecule has 0 saturated carbocycles. The molecule has 0 atom stereocenters. The molecular formula is C16H11BrN2O2. The molecule has 2 N–H and O–H groups in total. The first-order chi connectivity index (χ1) is 10.1. The molecule has 21 heavy (non-hydrogen) atoms. The van der Waals surface area contributed by atoms with Crippen molar-refractivity contribution in [1.29, 1.82) is 0 Å². The van der Waals surface area contributed by atoms with Gasteiger partial charge in [-0.1, -0.05) is 34.1 Å². The second-order valence-corrected chi connectivity index (χ2v) is 5.51. The van der Waals surface area contributed by atoms with Crippen LogP contribution in [0, 0.1) is 0 Å². The van der Waals surface area contributed by atoms with Gasteiger partial charge in [0.1, 0.15) is 0 Å². The molecule has 104 valence electrons. The lowest BCUT2D eigenvalue weighted by molar-refractivity contribution is 0.104. The number of carbonyl (C=O) groups is 1. The fourth-order valence-corrected chi connectivity index (χ4v) is 2.48. The van der Waals surface area contributed by atoms with Crippen molar-refractivity contribution in [3.63, 3.8) is 0 Å². The van der Waals surface area contributed by atoms with Gasteiger partial charge in [-0.3, -0.25) is 4.79 Å². The fourth-order valence-electron chi connectivity index (χ4n) is 2.06. The van der Waals surface area contributed by atoms with Crippen LogP contribution in [-0.4, -0.2) is 15.8 Å². The van der Waals surface area contributed by atoms with Crippen LogP contribution in [0.25, 0.3) is 17.1 Å². The van der Waals surface area contributed by atoms with Crippen molar-refractivity contribution in [2.75, 3.05) is 0 Å². The summed E-state index contributed by atoms with van der Waals surface area (Å²) in [6.07, 6.45) is 3.28. The number of ketones is 1. The number of H-pyrrole nitrogens is 2. The lowest BCUT2D eigenvalue weighted by Gasteiger charge is -1.97. The van der Waals surface area contributed by atoms with Crippen LogP contribution in [0.2, 0.25) is 0 Å². The summed E-state index contributed by atoms with van der Waals surface area (Å²) in [5.41, 5.74) is 2.51. The van der Waals surface area contributed by atoms with Crippen LogP contribution in [0.1, 0.15) is 15.9 Å². The standard InChI is InChI=1S/C16H11BrN2O2/c17-12-3-1-2-10(8-12)4-7-15(20)11-5-6-13-14(9-11)19-16(21)18-13/h1-9H,(H2,18,19,21)/b7-4+. The zero-order valence-electron chi connectivity index (χ0n) is 10.9. The van der Waals surface area contributed by atoms with Crippen LogP contribution in [0.3, 0.4) is 0 Å². The van der Waals surface area contributed by atoms with E-state index in [0.29, 0.717) is 16.6 Å². The lowest BCUT2D eigenvalue weighted by Crippen LogP contribution is -1.99. The Morgan fingerprint density at radius 1 is 1.05 bits per heavy atom. The topological polar surface area (TPSA) is 65.7 Å². The molecule has 0 aliphatic carbocycles. The number of carbonyl (C=O) groups excluding carboxylic acids is 1. The van der Waals surface area contributed by atoms with Gasteiger partial charge >= 0.3 is 5.69 Å². The quantitative estimate of drug-likeness (QED) is 0.565. The molecule has 0 unspecified atom stereocenters. The number of allylic oxidation sites excluding steroid dienone is 1. The number of rotatable bonds is 3. The van der Waals surface area contributed by atoms with Gasteiger partial charge in [0.2, 0.25) is 0 Å². The Hall–Kier alpha value is -2.40. The molecule has 3 rings (SSSR count). The number of nitrogens with one attached hydrogen (secondary N) is 2. The molecule has 0 aliphatic heterocycles. The van der Waals surface area contributed by atoms with E-state index in [0.717, 1.165) is 10.0 Å². The Balaban J connectivity index is 1.88. The van der Waals surface area contributed by atoms with Crippen molar-refractivity contribution in [3.8, 4) is 0 Å². The summed E-state index contributed by atoms with van der Waals surface area (Å²) in [5, 5.41) is 0. The van der Waals surface area contributed by atoms with Crippen molar-refractivity contribution in [3.05, 3.63) is 74.6 Å². The van der Waals surface area contributed by atoms with Gasteiger partial charge in [-0.15, -0.1) is 0 Å². The number of benzene rings is 2. The molecule has 0 spiro atoms. The zero-order chi connectivity index (χ0) is 14.8. The molecule has 1 aromatic heterocycles. The van der Waals surface area contributed by atoms with E-state index in [1.807, 2.05) is 24.3 Å². The molecule has 0 saturated heterocycles. The summed E-state index contributed by atoms with van der Waals surface area (Å²) < 4.78 is 0.961. The summed E-state index contributed by atoms with van der Waals surface area (Å²) in [4.78, 5) is 28.6. The molecule has 1 heterocycles. The van der Waals surface area contributed by atoms with Gasteiger partial charge in [0, 0.05) is 10.0 Å². The van der Waals surface area contributed by atoms with E-state index in [9.17, 15) is 9.59 Å². The highest BCUT2D eigenvalue weighted by Crippen LogP contribution is 2.14. The molecule has 0 amide bonds. The van der Waals surface area contributed by atoms with Gasteiger partial charge in [-0.25, -0.2) is 4.79 Å². The zero-order valence-corrected chi connectivity index (χ0v) is 12.5. The SMILES string of the molecule is O=C(/C=C/c1cccc(Br)c1)c1ccc2[nH]c(=O)[nH]c2c1. The highest BCUT2D eigenvalue weighted by Gasteiger charge is 2.05. The molecule has 5 heteroatoms. The van der Waals surface area contributed by atoms with Crippen molar-refractivity contribution >= 4 is 38.8 Å². The molecular weight excluding hydrogens is 332 g/mol. The lowest BCUT2D eigenvalue weighted by atomic mass is 10.1. The second-order valence-electron chi connectivity index (χ2n) is 4.59. The highest BCUT2D eigenvalue weighted by atomic mass is 79.9. The largest absolute Gasteiger partial charge is 0.323 e. The van der Waals surface area contributed by atoms with E-state index < -0.39 is 0 Å². The van der Waals surface area contributed by atoms with Crippen molar-refractivity contribution in [1.82, 2.24) is 9.97 Å². The Morgan fingerprint density at radius 2 is 1.86 bits per heavy atom. The van der Waals surface area contributed by atoms with E-state index in [-0.39, 0.29) is 11.5 Å². The summed E-state index contributed by atoms with van der Waals surface area (Å²) in [5.74, 6) is -0.112. The number of hydrogen-bond donors (Lipinski definition) is 2. The van der Waals surface area contributed by atoms with E-state index in [2.05, 4.69) is 25.9 Å². The first-order valence-corrected chi connectivity index (χ1v) is 7.11. The normalized spacial score (nSPS) is 11.3. The molecule has 4 nitrogen and oxygen atoms in total. The van der Waals surface area contributed by atoms with E-state index in [1.54, 1.807) is 24.3 Å². The highest BCUT2D eigenvalue weighted by molar-refractivity contribution is 9.10. The summed E-state index contributed by atoms with van der Waals surface area (Å²) >= 11 is 3.39. The van der Waals surface area contributed by atoms with Gasteiger partial charge < -0.3 is 9.97 Å². The van der Waals surface area contributed by atoms with E-state index in [4.69, 9.17) is 0 Å². The van der Waals surface area contributed by atoms with Crippen molar-refractivity contribution in [2.45, 2.75) is 0 Å².